The van der Waals surface area contributed by atoms with Crippen molar-refractivity contribution in [3.05, 3.63) is 35.4 Å². The van der Waals surface area contributed by atoms with Crippen molar-refractivity contribution in [2.75, 3.05) is 18.4 Å². The number of hydrogen-bond acceptors (Lipinski definition) is 2. The molecule has 2 nitrogen and oxygen atoms in total. The summed E-state index contributed by atoms with van der Waals surface area (Å²) in [6, 6.07) is 9.07. The van der Waals surface area contributed by atoms with E-state index in [1.165, 1.54) is 11.1 Å². The first kappa shape index (κ1) is 16.0. The van der Waals surface area contributed by atoms with E-state index in [1.807, 2.05) is 0 Å². The maximum atomic E-state index is 5.88. The normalized spacial score (nSPS) is 24.9. The van der Waals surface area contributed by atoms with Crippen LogP contribution in [0.5, 0.6) is 0 Å². The molecule has 1 heterocycles. The van der Waals surface area contributed by atoms with Crippen LogP contribution in [0.1, 0.15) is 38.8 Å². The molecule has 1 aliphatic rings. The number of ether oxygens (including phenoxy) is 1. The van der Waals surface area contributed by atoms with E-state index in [4.69, 9.17) is 4.74 Å². The fourth-order valence-electron chi connectivity index (χ4n) is 2.72. The van der Waals surface area contributed by atoms with Crippen molar-refractivity contribution in [2.24, 2.45) is 0 Å². The van der Waals surface area contributed by atoms with E-state index in [0.29, 0.717) is 12.2 Å². The molecule has 1 aromatic rings. The lowest BCUT2D eigenvalue weighted by Gasteiger charge is -2.36. The minimum atomic E-state index is 0.229. The van der Waals surface area contributed by atoms with Gasteiger partial charge in [-0.3, -0.25) is 4.90 Å². The van der Waals surface area contributed by atoms with Gasteiger partial charge < -0.3 is 4.74 Å². The average Bonchev–Trinajstić information content (AvgIpc) is 2.37. The molecule has 0 aliphatic carbocycles. The van der Waals surface area contributed by atoms with Crippen LogP contribution < -0.4 is 0 Å². The van der Waals surface area contributed by atoms with Crippen molar-refractivity contribution in [1.29, 1.82) is 0 Å². The topological polar surface area (TPSA) is 12.5 Å². The molecule has 20 heavy (non-hydrogen) atoms. The number of hydrogen-bond donors (Lipinski definition) is 0. The molecule has 2 rings (SSSR count). The van der Waals surface area contributed by atoms with Crippen LogP contribution in [0.25, 0.3) is 0 Å². The Hall–Kier alpha value is -0.380. The first-order chi connectivity index (χ1) is 9.38. The van der Waals surface area contributed by atoms with Crippen molar-refractivity contribution in [2.45, 2.75) is 51.9 Å². The third kappa shape index (κ3) is 4.31. The Labute approximate surface area is 131 Å². The lowest BCUT2D eigenvalue weighted by atomic mass is 9.87. The molecule has 112 valence electrons. The highest BCUT2D eigenvalue weighted by Crippen LogP contribution is 2.23. The Kier molecular flexibility index (Phi) is 5.27. The highest BCUT2D eigenvalue weighted by atomic mass is 79.9. The Bertz CT molecular complexity index is 424. The van der Waals surface area contributed by atoms with Gasteiger partial charge in [0.15, 0.2) is 0 Å². The maximum absolute atomic E-state index is 5.88. The molecule has 0 N–H and O–H groups in total. The van der Waals surface area contributed by atoms with E-state index in [0.717, 1.165) is 25.0 Å². The van der Waals surface area contributed by atoms with Crippen LogP contribution in [-0.2, 0) is 16.7 Å². The van der Waals surface area contributed by atoms with Gasteiger partial charge >= 0.3 is 0 Å². The highest BCUT2D eigenvalue weighted by molar-refractivity contribution is 9.09. The second-order valence-electron chi connectivity index (χ2n) is 6.86. The van der Waals surface area contributed by atoms with Crippen LogP contribution in [0.15, 0.2) is 24.3 Å². The fraction of sp³-hybridized carbons (Fsp3) is 0.647. The van der Waals surface area contributed by atoms with Crippen LogP contribution >= 0.6 is 15.9 Å². The Morgan fingerprint density at radius 3 is 2.40 bits per heavy atom. The molecule has 2 unspecified atom stereocenters. The van der Waals surface area contributed by atoms with Gasteiger partial charge in [-0.1, -0.05) is 61.0 Å². The summed E-state index contributed by atoms with van der Waals surface area (Å²) in [4.78, 5) is 2.49. The molecule has 0 spiro atoms. The zero-order valence-electron chi connectivity index (χ0n) is 13.0. The van der Waals surface area contributed by atoms with Crippen molar-refractivity contribution in [1.82, 2.24) is 4.90 Å². The van der Waals surface area contributed by atoms with Crippen LogP contribution in [0.3, 0.4) is 0 Å². The van der Waals surface area contributed by atoms with Crippen LogP contribution in [0.2, 0.25) is 0 Å². The molecule has 1 aromatic carbocycles. The second-order valence-corrected chi connectivity index (χ2v) is 7.51. The first-order valence-corrected chi connectivity index (χ1v) is 8.54. The van der Waals surface area contributed by atoms with E-state index in [-0.39, 0.29) is 5.41 Å². The van der Waals surface area contributed by atoms with Gasteiger partial charge in [-0.15, -0.1) is 0 Å². The number of benzene rings is 1. The van der Waals surface area contributed by atoms with Gasteiger partial charge in [-0.25, -0.2) is 0 Å². The molecule has 0 aromatic heterocycles. The van der Waals surface area contributed by atoms with Gasteiger partial charge in [0.1, 0.15) is 0 Å². The van der Waals surface area contributed by atoms with Crippen molar-refractivity contribution in [3.8, 4) is 0 Å². The van der Waals surface area contributed by atoms with Gasteiger partial charge in [-0.2, -0.15) is 0 Å². The number of morpholine rings is 1. The minimum absolute atomic E-state index is 0.229. The molecule has 0 radical (unpaired) electrons. The molecule has 0 amide bonds. The SMILES string of the molecule is CC1CN(Cc2ccc(C(C)(C)C)cc2)CC(CBr)O1. The number of halogens is 1. The summed E-state index contributed by atoms with van der Waals surface area (Å²) in [7, 11) is 0. The van der Waals surface area contributed by atoms with E-state index in [1.54, 1.807) is 0 Å². The number of nitrogens with zero attached hydrogens (tertiary/aromatic N) is 1. The van der Waals surface area contributed by atoms with Crippen molar-refractivity contribution in [3.63, 3.8) is 0 Å². The molecule has 1 fully saturated rings. The molecule has 1 saturated heterocycles. The predicted octanol–water partition coefficient (Wildman–Crippen LogP) is 3.97. The lowest BCUT2D eigenvalue weighted by molar-refractivity contribution is -0.0678. The average molecular weight is 340 g/mol. The van der Waals surface area contributed by atoms with E-state index in [9.17, 15) is 0 Å². The predicted molar refractivity (Wildman–Crippen MR) is 88.5 cm³/mol. The summed E-state index contributed by atoms with van der Waals surface area (Å²) in [5.41, 5.74) is 3.02. The van der Waals surface area contributed by atoms with E-state index >= 15 is 0 Å². The molecule has 0 bridgehead atoms. The van der Waals surface area contributed by atoms with Crippen molar-refractivity contribution >= 4 is 15.9 Å². The van der Waals surface area contributed by atoms with Gasteiger partial charge in [0.2, 0.25) is 0 Å². The third-order valence-corrected chi connectivity index (χ3v) is 4.52. The van der Waals surface area contributed by atoms with Gasteiger partial charge in [-0.05, 0) is 23.5 Å². The molecule has 2 atom stereocenters. The molecule has 0 saturated carbocycles. The quantitative estimate of drug-likeness (QED) is 0.772. The van der Waals surface area contributed by atoms with Crippen LogP contribution in [0, 0.1) is 0 Å². The second kappa shape index (κ2) is 6.59. The molecular weight excluding hydrogens is 314 g/mol. The summed E-state index contributed by atoms with van der Waals surface area (Å²) in [6.07, 6.45) is 0.632. The molecular formula is C17H26BrNO. The minimum Gasteiger partial charge on any atom is -0.372 e. The zero-order chi connectivity index (χ0) is 14.8. The monoisotopic (exact) mass is 339 g/mol. The van der Waals surface area contributed by atoms with Gasteiger partial charge in [0.25, 0.3) is 0 Å². The summed E-state index contributed by atoms with van der Waals surface area (Å²) in [5.74, 6) is 0. The van der Waals surface area contributed by atoms with Crippen LogP contribution in [-0.4, -0.2) is 35.5 Å². The lowest BCUT2D eigenvalue weighted by Crippen LogP contribution is -2.46. The Balaban J connectivity index is 1.99. The smallest absolute Gasteiger partial charge is 0.0802 e. The number of alkyl halides is 1. The Morgan fingerprint density at radius 1 is 1.20 bits per heavy atom. The van der Waals surface area contributed by atoms with E-state index in [2.05, 4.69) is 72.8 Å². The molecule has 3 heteroatoms. The fourth-order valence-corrected chi connectivity index (χ4v) is 3.08. The third-order valence-electron chi connectivity index (χ3n) is 3.80. The van der Waals surface area contributed by atoms with Crippen LogP contribution in [0.4, 0.5) is 0 Å². The van der Waals surface area contributed by atoms with Gasteiger partial charge in [0.05, 0.1) is 12.2 Å². The maximum Gasteiger partial charge on any atom is 0.0802 e. The van der Waals surface area contributed by atoms with E-state index < -0.39 is 0 Å². The first-order valence-electron chi connectivity index (χ1n) is 7.41. The Morgan fingerprint density at radius 2 is 1.85 bits per heavy atom. The number of rotatable bonds is 3. The summed E-state index contributed by atoms with van der Waals surface area (Å²) in [5, 5.41) is 0.913. The summed E-state index contributed by atoms with van der Waals surface area (Å²) >= 11 is 3.53. The summed E-state index contributed by atoms with van der Waals surface area (Å²) in [6.45, 7) is 12.0. The highest BCUT2D eigenvalue weighted by Gasteiger charge is 2.24. The molecule has 1 aliphatic heterocycles. The standard InChI is InChI=1S/C17H26BrNO/c1-13-10-19(12-16(9-18)20-13)11-14-5-7-15(8-6-14)17(2,3)4/h5-8,13,16H,9-12H2,1-4H3. The van der Waals surface area contributed by atoms with Gasteiger partial charge in [0, 0.05) is 25.0 Å². The summed E-state index contributed by atoms with van der Waals surface area (Å²) < 4.78 is 5.88. The van der Waals surface area contributed by atoms with Crippen molar-refractivity contribution < 1.29 is 4.74 Å². The zero-order valence-corrected chi connectivity index (χ0v) is 14.6. The largest absolute Gasteiger partial charge is 0.372 e.